The Morgan fingerprint density at radius 1 is 1.39 bits per heavy atom. The van der Waals surface area contributed by atoms with E-state index in [0.717, 1.165) is 42.8 Å². The molecule has 1 saturated heterocycles. The Morgan fingerprint density at radius 3 is 2.94 bits per heavy atom. The summed E-state index contributed by atoms with van der Waals surface area (Å²) in [4.78, 5) is 7.31. The van der Waals surface area contributed by atoms with Crippen LogP contribution < -0.4 is 16.6 Å². The van der Waals surface area contributed by atoms with Crippen molar-refractivity contribution in [3.63, 3.8) is 0 Å². The van der Waals surface area contributed by atoms with E-state index >= 15 is 0 Å². The molecule has 0 amide bonds. The largest absolute Gasteiger partial charge is 0.396 e. The summed E-state index contributed by atoms with van der Waals surface area (Å²) in [7, 11) is 0. The van der Waals surface area contributed by atoms with Crippen molar-refractivity contribution in [3.8, 4) is 0 Å². The zero-order valence-electron chi connectivity index (χ0n) is 10.1. The van der Waals surface area contributed by atoms with E-state index in [2.05, 4.69) is 9.97 Å². The van der Waals surface area contributed by atoms with Gasteiger partial charge in [-0.25, -0.2) is 10.8 Å². The van der Waals surface area contributed by atoms with Gasteiger partial charge in [-0.2, -0.15) is 0 Å². The molecule has 0 unspecified atom stereocenters. The summed E-state index contributed by atoms with van der Waals surface area (Å²) in [6.07, 6.45) is 5.33. The van der Waals surface area contributed by atoms with Crippen molar-refractivity contribution in [3.05, 3.63) is 18.5 Å². The molecule has 2 aromatic heterocycles. The molecule has 18 heavy (non-hydrogen) atoms. The second-order valence-corrected chi connectivity index (χ2v) is 4.55. The van der Waals surface area contributed by atoms with Gasteiger partial charge in [0.05, 0.1) is 17.6 Å². The van der Waals surface area contributed by atoms with Crippen molar-refractivity contribution in [2.24, 2.45) is 5.84 Å². The molecule has 3 heterocycles. The topological polar surface area (TPSA) is 93.2 Å². The Bertz CT molecular complexity index is 546. The lowest BCUT2D eigenvalue weighted by atomic mass is 10.1. The Labute approximate surface area is 105 Å². The Kier molecular flexibility index (Phi) is 2.81. The van der Waals surface area contributed by atoms with Crippen molar-refractivity contribution < 1.29 is 4.74 Å². The molecule has 0 bridgehead atoms. The number of rotatable bonds is 2. The van der Waals surface area contributed by atoms with E-state index < -0.39 is 0 Å². The van der Waals surface area contributed by atoms with Gasteiger partial charge in [0.2, 0.25) is 0 Å². The molecule has 0 aromatic carbocycles. The lowest BCUT2D eigenvalue weighted by Crippen LogP contribution is -2.44. The van der Waals surface area contributed by atoms with E-state index in [4.69, 9.17) is 16.3 Å². The minimum absolute atomic E-state index is 0.265. The molecule has 0 saturated carbocycles. The first-order chi connectivity index (χ1) is 8.77. The summed E-state index contributed by atoms with van der Waals surface area (Å²) in [5.74, 6) is 6.25. The first-order valence-electron chi connectivity index (χ1n) is 6.10. The lowest BCUT2D eigenvalue weighted by Gasteiger charge is -2.33. The maximum absolute atomic E-state index is 6.25. The Hall–Kier alpha value is -1.79. The van der Waals surface area contributed by atoms with Crippen LogP contribution in [-0.4, -0.2) is 29.2 Å². The monoisotopic (exact) mass is 247 g/mol. The molecule has 0 spiro atoms. The maximum Gasteiger partial charge on any atom is 0.139 e. The molecule has 0 aliphatic carbocycles. The number of hydrazine groups is 1. The number of nitrogens with one attached hydrogen (secondary N) is 1. The number of aromatic nitrogens is 2. The third kappa shape index (κ3) is 1.79. The van der Waals surface area contributed by atoms with Gasteiger partial charge in [-0.15, -0.1) is 0 Å². The number of aromatic amines is 1. The molecule has 96 valence electrons. The van der Waals surface area contributed by atoms with E-state index in [-0.39, 0.29) is 6.04 Å². The third-order valence-electron chi connectivity index (χ3n) is 3.43. The molecular weight excluding hydrogens is 230 g/mol. The van der Waals surface area contributed by atoms with Gasteiger partial charge in [-0.05, 0) is 18.9 Å². The van der Waals surface area contributed by atoms with Crippen LogP contribution in [-0.2, 0) is 4.74 Å². The Balaban J connectivity index is 2.01. The predicted molar refractivity (Wildman–Crippen MR) is 71.0 cm³/mol. The predicted octanol–water partition coefficient (Wildman–Crippen LogP) is 1.00. The van der Waals surface area contributed by atoms with Crippen LogP contribution in [0.4, 0.5) is 11.4 Å². The highest BCUT2D eigenvalue weighted by Crippen LogP contribution is 2.32. The zero-order chi connectivity index (χ0) is 12.5. The van der Waals surface area contributed by atoms with E-state index in [1.807, 2.05) is 12.3 Å². The molecule has 1 aliphatic heterocycles. The fourth-order valence-electron chi connectivity index (χ4n) is 2.44. The average molecular weight is 247 g/mol. The molecule has 2 aromatic rings. The fourth-order valence-corrected chi connectivity index (χ4v) is 2.44. The van der Waals surface area contributed by atoms with Crippen LogP contribution in [0, 0.1) is 0 Å². The maximum atomic E-state index is 6.25. The second-order valence-electron chi connectivity index (χ2n) is 4.55. The van der Waals surface area contributed by atoms with Crippen LogP contribution in [0.1, 0.15) is 12.8 Å². The number of ether oxygens (including phenoxy) is 1. The van der Waals surface area contributed by atoms with Gasteiger partial charge < -0.3 is 20.5 Å². The van der Waals surface area contributed by atoms with Crippen molar-refractivity contribution >= 4 is 22.4 Å². The lowest BCUT2D eigenvalue weighted by molar-refractivity contribution is 0.0845. The molecule has 0 radical (unpaired) electrons. The van der Waals surface area contributed by atoms with Gasteiger partial charge in [0, 0.05) is 30.8 Å². The van der Waals surface area contributed by atoms with E-state index in [1.54, 1.807) is 11.2 Å². The minimum Gasteiger partial charge on any atom is -0.396 e. The van der Waals surface area contributed by atoms with E-state index in [9.17, 15) is 0 Å². The van der Waals surface area contributed by atoms with Crippen LogP contribution in [0.15, 0.2) is 18.5 Å². The van der Waals surface area contributed by atoms with Crippen LogP contribution in [0.25, 0.3) is 11.0 Å². The zero-order valence-corrected chi connectivity index (χ0v) is 10.1. The van der Waals surface area contributed by atoms with Crippen molar-refractivity contribution in [2.45, 2.75) is 18.9 Å². The van der Waals surface area contributed by atoms with Gasteiger partial charge in [0.1, 0.15) is 5.65 Å². The van der Waals surface area contributed by atoms with Gasteiger partial charge in [0.25, 0.3) is 0 Å². The number of fused-ring (bicyclic) bond motifs is 1. The quantitative estimate of drug-likeness (QED) is 0.544. The first-order valence-corrected chi connectivity index (χ1v) is 6.10. The summed E-state index contributed by atoms with van der Waals surface area (Å²) in [5.41, 5.74) is 8.29. The normalized spacial score (nSPS) is 17.2. The molecule has 3 rings (SSSR count). The average Bonchev–Trinajstić information content (AvgIpc) is 2.87. The van der Waals surface area contributed by atoms with E-state index in [0.29, 0.717) is 5.69 Å². The highest BCUT2D eigenvalue weighted by atomic mass is 16.5. The van der Waals surface area contributed by atoms with Crippen LogP contribution >= 0.6 is 0 Å². The number of pyridine rings is 1. The van der Waals surface area contributed by atoms with Gasteiger partial charge in [-0.1, -0.05) is 0 Å². The van der Waals surface area contributed by atoms with Crippen molar-refractivity contribution in [1.82, 2.24) is 9.97 Å². The summed E-state index contributed by atoms with van der Waals surface area (Å²) in [6, 6.07) is 2.22. The third-order valence-corrected chi connectivity index (χ3v) is 3.43. The van der Waals surface area contributed by atoms with Crippen LogP contribution in [0.5, 0.6) is 0 Å². The van der Waals surface area contributed by atoms with Crippen LogP contribution in [0.3, 0.4) is 0 Å². The second kappa shape index (κ2) is 4.47. The highest BCUT2D eigenvalue weighted by molar-refractivity contribution is 5.96. The smallest absolute Gasteiger partial charge is 0.139 e. The molecular formula is C12H17N5O. The van der Waals surface area contributed by atoms with Crippen molar-refractivity contribution in [2.75, 3.05) is 24.0 Å². The fraction of sp³-hybridized carbons (Fsp3) is 0.417. The number of nitrogen functional groups attached to an aromatic ring is 1. The van der Waals surface area contributed by atoms with Gasteiger partial charge in [0.15, 0.2) is 0 Å². The Morgan fingerprint density at radius 2 is 2.17 bits per heavy atom. The number of nitrogens with zero attached hydrogens (tertiary/aromatic N) is 2. The molecule has 1 aliphatic rings. The van der Waals surface area contributed by atoms with E-state index in [1.165, 1.54) is 0 Å². The van der Waals surface area contributed by atoms with Crippen molar-refractivity contribution in [1.29, 1.82) is 0 Å². The molecule has 1 fully saturated rings. The summed E-state index contributed by atoms with van der Waals surface area (Å²) in [6.45, 7) is 1.50. The summed E-state index contributed by atoms with van der Waals surface area (Å²) in [5, 5.41) is 2.74. The molecule has 6 nitrogen and oxygen atoms in total. The first kappa shape index (κ1) is 11.3. The van der Waals surface area contributed by atoms with Gasteiger partial charge >= 0.3 is 0 Å². The number of H-pyrrole nitrogens is 1. The molecule has 6 heteroatoms. The number of hydrogen-bond acceptors (Lipinski definition) is 5. The summed E-state index contributed by atoms with van der Waals surface area (Å²) < 4.78 is 5.36. The molecule has 5 N–H and O–H groups in total. The van der Waals surface area contributed by atoms with Gasteiger partial charge in [-0.3, -0.25) is 0 Å². The number of anilines is 2. The minimum atomic E-state index is 0.265. The number of hydrogen-bond donors (Lipinski definition) is 3. The highest BCUT2D eigenvalue weighted by Gasteiger charge is 2.23. The summed E-state index contributed by atoms with van der Waals surface area (Å²) >= 11 is 0. The molecule has 0 atom stereocenters. The standard InChI is InChI=1S/C12H17N5O/c13-10-7-16-12-9(1-4-15-12)11(10)17(14)8-2-5-18-6-3-8/h1,4,7-8H,2-3,5-6,13-14H2,(H,15,16). The SMILES string of the molecule is Nc1cnc2[nH]ccc2c1N(N)C1CCOCC1. The van der Waals surface area contributed by atoms with Crippen LogP contribution in [0.2, 0.25) is 0 Å². The number of nitrogens with two attached hydrogens (primary N) is 2.